The molecule has 0 aliphatic carbocycles. The van der Waals surface area contributed by atoms with Gasteiger partial charge in [-0.3, -0.25) is 0 Å². The van der Waals surface area contributed by atoms with Crippen LogP contribution < -0.4 is 0 Å². The molecule has 0 saturated carbocycles. The van der Waals surface area contributed by atoms with Gasteiger partial charge >= 0.3 is 0 Å². The maximum absolute atomic E-state index is 6.17. The van der Waals surface area contributed by atoms with Crippen molar-refractivity contribution in [3.63, 3.8) is 0 Å². The van der Waals surface area contributed by atoms with Gasteiger partial charge in [0.2, 0.25) is 0 Å². The summed E-state index contributed by atoms with van der Waals surface area (Å²) in [5.41, 5.74) is 1.22. The zero-order valence-corrected chi connectivity index (χ0v) is 8.85. The van der Waals surface area contributed by atoms with Crippen LogP contribution in [0.25, 0.3) is 0 Å². The maximum Gasteiger partial charge on any atom is 0.179 e. The van der Waals surface area contributed by atoms with Gasteiger partial charge in [-0.05, 0) is 5.56 Å². The molecule has 0 N–H and O–H groups in total. The normalized spacial score (nSPS) is 20.6. The molecule has 1 atom stereocenters. The molecule has 0 fully saturated rings. The van der Waals surface area contributed by atoms with Crippen molar-refractivity contribution in [3.05, 3.63) is 48.3 Å². The number of rotatable bonds is 2. The van der Waals surface area contributed by atoms with E-state index in [1.54, 1.807) is 0 Å². The minimum atomic E-state index is -0.0600. The first-order chi connectivity index (χ1) is 6.77. The highest BCUT2D eigenvalue weighted by Gasteiger charge is 2.20. The fourth-order valence-corrected chi connectivity index (χ4v) is 1.69. The number of nitrogens with zero attached hydrogens (tertiary/aromatic N) is 2. The summed E-state index contributed by atoms with van der Waals surface area (Å²) in [7, 11) is 1.97. The van der Waals surface area contributed by atoms with Crippen molar-refractivity contribution in [2.45, 2.75) is 12.2 Å². The van der Waals surface area contributed by atoms with Crippen LogP contribution in [-0.2, 0) is 6.54 Å². The molecule has 14 heavy (non-hydrogen) atoms. The molecule has 0 amide bonds. The van der Waals surface area contributed by atoms with E-state index < -0.39 is 0 Å². The Hall–Kier alpha value is -1.15. The number of hydrogen-bond acceptors (Lipinski definition) is 2. The third-order valence-electron chi connectivity index (χ3n) is 2.31. The molecule has 1 aromatic rings. The van der Waals surface area contributed by atoms with E-state index in [1.165, 1.54) is 5.56 Å². The van der Waals surface area contributed by atoms with Crippen LogP contribution in [0.5, 0.6) is 0 Å². The number of hydrogen-bond donors (Lipinski definition) is 0. The summed E-state index contributed by atoms with van der Waals surface area (Å²) in [5.74, 6) is 0. The summed E-state index contributed by atoms with van der Waals surface area (Å²) in [6.07, 6.45) is 4.01. The molecular weight excluding hydrogens is 196 g/mol. The average Bonchev–Trinajstić information content (AvgIpc) is 2.52. The van der Waals surface area contributed by atoms with E-state index >= 15 is 0 Å². The van der Waals surface area contributed by atoms with E-state index in [2.05, 4.69) is 17.0 Å². The molecule has 2 nitrogen and oxygen atoms in total. The van der Waals surface area contributed by atoms with Crippen molar-refractivity contribution in [2.24, 2.45) is 0 Å². The highest BCUT2D eigenvalue weighted by molar-refractivity contribution is 6.20. The quantitative estimate of drug-likeness (QED) is 0.544. The largest absolute Gasteiger partial charge is 0.347 e. The van der Waals surface area contributed by atoms with Crippen molar-refractivity contribution < 1.29 is 0 Å². The summed E-state index contributed by atoms with van der Waals surface area (Å²) in [6, 6.07) is 10.3. The fraction of sp³-hybridized carbons (Fsp3) is 0.273. The van der Waals surface area contributed by atoms with E-state index in [1.807, 2.05) is 42.5 Å². The summed E-state index contributed by atoms with van der Waals surface area (Å²) in [6.45, 7) is 0.857. The lowest BCUT2D eigenvalue weighted by Crippen LogP contribution is -2.30. The second-order valence-corrected chi connectivity index (χ2v) is 3.82. The third kappa shape index (κ3) is 1.85. The van der Waals surface area contributed by atoms with Gasteiger partial charge in [-0.1, -0.05) is 41.9 Å². The molecule has 1 aromatic carbocycles. The Bertz CT molecular complexity index is 323. The van der Waals surface area contributed by atoms with Gasteiger partial charge in [0.05, 0.1) is 0 Å². The number of benzene rings is 1. The van der Waals surface area contributed by atoms with Crippen molar-refractivity contribution in [1.82, 2.24) is 9.80 Å². The Labute approximate surface area is 89.4 Å². The van der Waals surface area contributed by atoms with Crippen molar-refractivity contribution in [2.75, 3.05) is 7.05 Å². The van der Waals surface area contributed by atoms with E-state index in [0.717, 1.165) is 6.54 Å². The summed E-state index contributed by atoms with van der Waals surface area (Å²) in [5, 5.41) is 0. The van der Waals surface area contributed by atoms with Crippen molar-refractivity contribution >= 4 is 11.6 Å². The van der Waals surface area contributed by atoms with Gasteiger partial charge in [0, 0.05) is 26.0 Å². The van der Waals surface area contributed by atoms with Gasteiger partial charge in [-0.15, -0.1) is 0 Å². The second-order valence-electron chi connectivity index (χ2n) is 3.43. The predicted molar refractivity (Wildman–Crippen MR) is 58.5 cm³/mol. The van der Waals surface area contributed by atoms with Crippen LogP contribution in [0.3, 0.4) is 0 Å². The molecule has 1 aliphatic heterocycles. The Morgan fingerprint density at radius 3 is 2.50 bits per heavy atom. The van der Waals surface area contributed by atoms with E-state index in [4.69, 9.17) is 11.6 Å². The van der Waals surface area contributed by atoms with Crippen LogP contribution >= 0.6 is 11.6 Å². The molecule has 1 heterocycles. The molecule has 2 rings (SSSR count). The van der Waals surface area contributed by atoms with Crippen LogP contribution in [0, 0.1) is 0 Å². The number of alkyl halides is 1. The lowest BCUT2D eigenvalue weighted by atomic mass is 10.2. The summed E-state index contributed by atoms with van der Waals surface area (Å²) in [4.78, 5) is 4.07. The van der Waals surface area contributed by atoms with Crippen LogP contribution in [0.2, 0.25) is 0 Å². The van der Waals surface area contributed by atoms with Crippen molar-refractivity contribution in [3.8, 4) is 0 Å². The van der Waals surface area contributed by atoms with E-state index in [0.29, 0.717) is 0 Å². The van der Waals surface area contributed by atoms with Gasteiger partial charge in [-0.25, -0.2) is 0 Å². The minimum absolute atomic E-state index is 0.0600. The second kappa shape index (κ2) is 3.93. The summed E-state index contributed by atoms with van der Waals surface area (Å²) < 4.78 is 0. The predicted octanol–water partition coefficient (Wildman–Crippen LogP) is 2.43. The zero-order valence-electron chi connectivity index (χ0n) is 8.10. The topological polar surface area (TPSA) is 6.48 Å². The Balaban J connectivity index is 2.03. The Morgan fingerprint density at radius 2 is 1.93 bits per heavy atom. The summed E-state index contributed by atoms with van der Waals surface area (Å²) >= 11 is 6.17. The molecule has 0 spiro atoms. The fourth-order valence-electron chi connectivity index (χ4n) is 1.49. The Morgan fingerprint density at radius 1 is 1.21 bits per heavy atom. The first kappa shape index (κ1) is 9.41. The van der Waals surface area contributed by atoms with Crippen LogP contribution in [0.1, 0.15) is 5.56 Å². The average molecular weight is 209 g/mol. The number of halogens is 1. The molecular formula is C11H13ClN2. The standard InChI is InChI=1S/C11H13ClN2/c1-13-7-8-14(11(13)12)9-10-5-3-2-4-6-10/h2-8,11H,9H2,1H3. The first-order valence-electron chi connectivity index (χ1n) is 4.61. The molecule has 1 aliphatic rings. The van der Waals surface area contributed by atoms with Gasteiger partial charge in [0.25, 0.3) is 0 Å². The highest BCUT2D eigenvalue weighted by Crippen LogP contribution is 2.19. The lowest BCUT2D eigenvalue weighted by Gasteiger charge is -2.24. The van der Waals surface area contributed by atoms with Gasteiger partial charge < -0.3 is 9.80 Å². The van der Waals surface area contributed by atoms with Crippen LogP contribution in [0.4, 0.5) is 0 Å². The third-order valence-corrected chi connectivity index (χ3v) is 2.87. The van der Waals surface area contributed by atoms with E-state index in [-0.39, 0.29) is 5.62 Å². The molecule has 74 valence electrons. The van der Waals surface area contributed by atoms with Gasteiger partial charge in [0.1, 0.15) is 0 Å². The smallest absolute Gasteiger partial charge is 0.179 e. The van der Waals surface area contributed by atoms with Crippen LogP contribution in [0.15, 0.2) is 42.7 Å². The maximum atomic E-state index is 6.17. The SMILES string of the molecule is CN1C=CN(Cc2ccccc2)C1Cl. The molecule has 3 heteroatoms. The van der Waals surface area contributed by atoms with Crippen LogP contribution in [-0.4, -0.2) is 22.5 Å². The Kier molecular flexibility index (Phi) is 2.64. The monoisotopic (exact) mass is 208 g/mol. The zero-order chi connectivity index (χ0) is 9.97. The lowest BCUT2D eigenvalue weighted by molar-refractivity contribution is 0.249. The van der Waals surface area contributed by atoms with Crippen molar-refractivity contribution in [1.29, 1.82) is 0 Å². The minimum Gasteiger partial charge on any atom is -0.347 e. The van der Waals surface area contributed by atoms with E-state index in [9.17, 15) is 0 Å². The molecule has 0 aromatic heterocycles. The van der Waals surface area contributed by atoms with Gasteiger partial charge in [0.15, 0.2) is 5.62 Å². The molecule has 0 saturated heterocycles. The first-order valence-corrected chi connectivity index (χ1v) is 5.05. The molecule has 0 radical (unpaired) electrons. The molecule has 0 bridgehead atoms. The van der Waals surface area contributed by atoms with Gasteiger partial charge in [-0.2, -0.15) is 0 Å². The highest BCUT2D eigenvalue weighted by atomic mass is 35.5. The molecule has 1 unspecified atom stereocenters.